The molecule has 4 rings (SSSR count). The summed E-state index contributed by atoms with van der Waals surface area (Å²) in [7, 11) is 3.45. The first kappa shape index (κ1) is 19.6. The first-order valence-electron chi connectivity index (χ1n) is 9.70. The number of nitrogens with one attached hydrogen (secondary N) is 1. The minimum absolute atomic E-state index is 0.0683. The minimum Gasteiger partial charge on any atom is -0.497 e. The zero-order valence-corrected chi connectivity index (χ0v) is 16.9. The maximum Gasteiger partial charge on any atom is 0.227 e. The Morgan fingerprint density at radius 2 is 2.03 bits per heavy atom. The Kier molecular flexibility index (Phi) is 5.47. The van der Waals surface area contributed by atoms with Gasteiger partial charge in [-0.15, -0.1) is 0 Å². The van der Waals surface area contributed by atoms with Gasteiger partial charge >= 0.3 is 0 Å². The van der Waals surface area contributed by atoms with Crippen LogP contribution in [-0.2, 0) is 23.2 Å². The van der Waals surface area contributed by atoms with Gasteiger partial charge in [-0.05, 0) is 30.3 Å². The van der Waals surface area contributed by atoms with Gasteiger partial charge in [0.1, 0.15) is 5.75 Å². The van der Waals surface area contributed by atoms with Crippen molar-refractivity contribution < 1.29 is 14.3 Å². The summed E-state index contributed by atoms with van der Waals surface area (Å²) in [6, 6.07) is 13.1. The second kappa shape index (κ2) is 8.36. The molecule has 0 saturated carbocycles. The van der Waals surface area contributed by atoms with Crippen molar-refractivity contribution in [3.8, 4) is 17.0 Å². The number of carbonyl (C=O) groups is 2. The fourth-order valence-electron chi connectivity index (χ4n) is 3.64. The molecule has 1 saturated heterocycles. The molecule has 3 aromatic rings. The fourth-order valence-corrected chi connectivity index (χ4v) is 3.64. The first-order valence-corrected chi connectivity index (χ1v) is 9.70. The molecule has 2 amide bonds. The van der Waals surface area contributed by atoms with Gasteiger partial charge in [0, 0.05) is 49.7 Å². The smallest absolute Gasteiger partial charge is 0.227 e. The number of ether oxygens (including phenoxy) is 1. The van der Waals surface area contributed by atoms with Crippen molar-refractivity contribution in [2.75, 3.05) is 18.6 Å². The van der Waals surface area contributed by atoms with E-state index in [-0.39, 0.29) is 18.2 Å². The fraction of sp³-hybridized carbons (Fsp3) is 0.273. The van der Waals surface area contributed by atoms with E-state index >= 15 is 0 Å². The van der Waals surface area contributed by atoms with E-state index in [1.165, 1.54) is 0 Å². The van der Waals surface area contributed by atoms with Crippen molar-refractivity contribution in [3.05, 3.63) is 60.6 Å². The molecule has 0 aliphatic carbocycles. The van der Waals surface area contributed by atoms with Crippen LogP contribution in [0.4, 0.5) is 5.69 Å². The van der Waals surface area contributed by atoms with Gasteiger partial charge in [-0.2, -0.15) is 5.10 Å². The van der Waals surface area contributed by atoms with Gasteiger partial charge in [0.2, 0.25) is 11.8 Å². The van der Waals surface area contributed by atoms with Crippen molar-refractivity contribution in [2.24, 2.45) is 13.0 Å². The lowest BCUT2D eigenvalue weighted by molar-refractivity contribution is -0.126. The van der Waals surface area contributed by atoms with Crippen LogP contribution in [0.5, 0.6) is 5.75 Å². The van der Waals surface area contributed by atoms with Crippen molar-refractivity contribution in [1.82, 2.24) is 20.1 Å². The van der Waals surface area contributed by atoms with Gasteiger partial charge in [-0.1, -0.05) is 6.07 Å². The van der Waals surface area contributed by atoms with Gasteiger partial charge in [0.15, 0.2) is 0 Å². The molecule has 2 aromatic heterocycles. The summed E-state index contributed by atoms with van der Waals surface area (Å²) in [6.07, 6.45) is 3.65. The van der Waals surface area contributed by atoms with Crippen LogP contribution in [0.15, 0.2) is 54.9 Å². The number of nitrogens with zero attached hydrogens (tertiary/aromatic N) is 4. The molecule has 3 heterocycles. The summed E-state index contributed by atoms with van der Waals surface area (Å²) < 4.78 is 7.00. The summed E-state index contributed by atoms with van der Waals surface area (Å²) in [4.78, 5) is 30.8. The normalized spacial score (nSPS) is 16.0. The number of benzene rings is 1. The maximum absolute atomic E-state index is 12.7. The molecular weight excluding hydrogens is 382 g/mol. The number of carbonyl (C=O) groups excluding carboxylic acids is 2. The van der Waals surface area contributed by atoms with E-state index < -0.39 is 5.92 Å². The Morgan fingerprint density at radius 1 is 1.23 bits per heavy atom. The van der Waals surface area contributed by atoms with Crippen LogP contribution in [0.1, 0.15) is 12.1 Å². The number of methoxy groups -OCH3 is 1. The lowest BCUT2D eigenvalue weighted by Gasteiger charge is -2.17. The number of aryl methyl sites for hydroxylation is 1. The molecule has 30 heavy (non-hydrogen) atoms. The average Bonchev–Trinajstić information content (AvgIpc) is 3.35. The zero-order chi connectivity index (χ0) is 21.1. The molecule has 1 fully saturated rings. The Balaban J connectivity index is 1.39. The first-order chi connectivity index (χ1) is 14.5. The maximum atomic E-state index is 12.7. The topological polar surface area (TPSA) is 89.3 Å². The molecule has 1 aliphatic heterocycles. The Hall–Kier alpha value is -3.68. The van der Waals surface area contributed by atoms with Gasteiger partial charge in [-0.25, -0.2) is 0 Å². The molecule has 8 heteroatoms. The number of amides is 2. The number of anilines is 1. The summed E-state index contributed by atoms with van der Waals surface area (Å²) in [6.45, 7) is 0.657. The van der Waals surface area contributed by atoms with E-state index in [1.807, 2.05) is 43.4 Å². The summed E-state index contributed by atoms with van der Waals surface area (Å²) in [5, 5.41) is 7.39. The highest BCUT2D eigenvalue weighted by Gasteiger charge is 2.35. The lowest BCUT2D eigenvalue weighted by atomic mass is 10.1. The molecule has 1 unspecified atom stereocenters. The molecule has 1 aromatic carbocycles. The molecule has 0 bridgehead atoms. The number of aromatic nitrogens is 3. The van der Waals surface area contributed by atoms with Crippen LogP contribution in [-0.4, -0.2) is 40.2 Å². The highest BCUT2D eigenvalue weighted by Crippen LogP contribution is 2.28. The SMILES string of the molecule is COc1cccc(N2CC(C(=O)NCc3cc(-c4ccncc4)n(C)n3)CC2=O)c1. The van der Waals surface area contributed by atoms with E-state index in [0.29, 0.717) is 18.8 Å². The Bertz CT molecular complexity index is 1060. The summed E-state index contributed by atoms with van der Waals surface area (Å²) in [5.74, 6) is 0.0616. The monoisotopic (exact) mass is 405 g/mol. The van der Waals surface area contributed by atoms with Crippen molar-refractivity contribution in [3.63, 3.8) is 0 Å². The second-order valence-electron chi connectivity index (χ2n) is 7.21. The number of rotatable bonds is 6. The lowest BCUT2D eigenvalue weighted by Crippen LogP contribution is -2.32. The zero-order valence-electron chi connectivity index (χ0n) is 16.9. The second-order valence-corrected chi connectivity index (χ2v) is 7.21. The number of hydrogen-bond acceptors (Lipinski definition) is 5. The molecule has 1 atom stereocenters. The van der Waals surface area contributed by atoms with Crippen LogP contribution in [0.2, 0.25) is 0 Å². The summed E-state index contributed by atoms with van der Waals surface area (Å²) in [5.41, 5.74) is 3.45. The van der Waals surface area contributed by atoms with Crippen LogP contribution in [0, 0.1) is 5.92 Å². The third kappa shape index (κ3) is 4.03. The van der Waals surface area contributed by atoms with Crippen LogP contribution in [0.25, 0.3) is 11.3 Å². The number of pyridine rings is 1. The largest absolute Gasteiger partial charge is 0.497 e. The van der Waals surface area contributed by atoms with E-state index in [9.17, 15) is 9.59 Å². The van der Waals surface area contributed by atoms with Gasteiger partial charge in [0.05, 0.1) is 31.0 Å². The Morgan fingerprint density at radius 3 is 2.80 bits per heavy atom. The van der Waals surface area contributed by atoms with Gasteiger partial charge < -0.3 is 15.0 Å². The molecule has 154 valence electrons. The highest BCUT2D eigenvalue weighted by atomic mass is 16.5. The minimum atomic E-state index is -0.396. The van der Waals surface area contributed by atoms with Gasteiger partial charge in [-0.3, -0.25) is 19.3 Å². The van der Waals surface area contributed by atoms with Crippen LogP contribution < -0.4 is 15.0 Å². The van der Waals surface area contributed by atoms with Crippen LogP contribution in [0.3, 0.4) is 0 Å². The van der Waals surface area contributed by atoms with Crippen molar-refractivity contribution in [1.29, 1.82) is 0 Å². The predicted molar refractivity (Wildman–Crippen MR) is 112 cm³/mol. The molecule has 0 spiro atoms. The summed E-state index contributed by atoms with van der Waals surface area (Å²) >= 11 is 0. The molecule has 8 nitrogen and oxygen atoms in total. The van der Waals surface area contributed by atoms with E-state index in [4.69, 9.17) is 4.74 Å². The third-order valence-electron chi connectivity index (χ3n) is 5.21. The van der Waals surface area contributed by atoms with Crippen molar-refractivity contribution in [2.45, 2.75) is 13.0 Å². The van der Waals surface area contributed by atoms with Crippen molar-refractivity contribution >= 4 is 17.5 Å². The number of hydrogen-bond donors (Lipinski definition) is 1. The predicted octanol–water partition coefficient (Wildman–Crippen LogP) is 2.16. The van der Waals surface area contributed by atoms with E-state index in [0.717, 1.165) is 22.6 Å². The molecule has 0 radical (unpaired) electrons. The quantitative estimate of drug-likeness (QED) is 0.679. The highest BCUT2D eigenvalue weighted by molar-refractivity contribution is 6.00. The molecule has 1 aliphatic rings. The Labute approximate surface area is 174 Å². The third-order valence-corrected chi connectivity index (χ3v) is 5.21. The average molecular weight is 405 g/mol. The van der Waals surface area contributed by atoms with E-state index in [2.05, 4.69) is 15.4 Å². The van der Waals surface area contributed by atoms with Crippen LogP contribution >= 0.6 is 0 Å². The van der Waals surface area contributed by atoms with E-state index in [1.54, 1.807) is 35.2 Å². The standard InChI is InChI=1S/C22H23N5O3/c1-26-20(15-6-8-23-9-7-15)11-17(25-26)13-24-22(29)16-10-21(28)27(14-16)18-4-3-5-19(12-18)30-2/h3-9,11-12,16H,10,13-14H2,1-2H3,(H,24,29). The van der Waals surface area contributed by atoms with Gasteiger partial charge in [0.25, 0.3) is 0 Å². The molecular formula is C22H23N5O3. The molecule has 1 N–H and O–H groups in total.